The molecule has 8 heteroatoms. The lowest BCUT2D eigenvalue weighted by molar-refractivity contribution is 0.101. The van der Waals surface area contributed by atoms with Gasteiger partial charge in [-0.05, 0) is 67.7 Å². The number of likely N-dealkylation sites (tertiary alicyclic amines) is 1. The van der Waals surface area contributed by atoms with Crippen molar-refractivity contribution in [2.75, 3.05) is 18.4 Å². The van der Waals surface area contributed by atoms with Crippen LogP contribution in [-0.4, -0.2) is 39.9 Å². The molecule has 2 aromatic rings. The Bertz CT molecular complexity index is 1060. The number of nitriles is 1. The van der Waals surface area contributed by atoms with Crippen LogP contribution in [0.2, 0.25) is 0 Å². The first kappa shape index (κ1) is 20.7. The van der Waals surface area contributed by atoms with E-state index in [1.54, 1.807) is 4.90 Å². The van der Waals surface area contributed by atoms with Crippen LogP contribution in [0.1, 0.15) is 71.9 Å². The van der Waals surface area contributed by atoms with E-state index in [0.29, 0.717) is 19.0 Å². The number of hydrogen-bond acceptors (Lipinski definition) is 4. The van der Waals surface area contributed by atoms with Crippen LogP contribution < -0.4 is 11.1 Å². The Hall–Kier alpha value is -3.60. The Morgan fingerprint density at radius 3 is 2.71 bits per heavy atom. The van der Waals surface area contributed by atoms with E-state index >= 15 is 0 Å². The van der Waals surface area contributed by atoms with Crippen molar-refractivity contribution in [3.63, 3.8) is 0 Å². The number of amides is 3. The molecule has 1 fully saturated rings. The molecule has 2 aliphatic rings. The number of aromatic nitrogens is 2. The van der Waals surface area contributed by atoms with Gasteiger partial charge in [0.15, 0.2) is 11.5 Å². The lowest BCUT2D eigenvalue weighted by Crippen LogP contribution is -2.41. The SMILES string of the molecule is N#Cc1c[nH]c(C(=O)Nc2ccc(C3CCN(C(N)=O)CC3)cc2C2=CCCCC2)n1. The number of carbonyl (C=O) groups is 2. The smallest absolute Gasteiger partial charge is 0.314 e. The fourth-order valence-corrected chi connectivity index (χ4v) is 4.38. The molecule has 0 saturated carbocycles. The molecule has 4 N–H and O–H groups in total. The molecule has 0 unspecified atom stereocenters. The number of nitrogens with zero attached hydrogens (tertiary/aromatic N) is 3. The van der Waals surface area contributed by atoms with E-state index in [9.17, 15) is 9.59 Å². The van der Waals surface area contributed by atoms with E-state index in [1.165, 1.54) is 23.8 Å². The number of nitrogens with one attached hydrogen (secondary N) is 2. The predicted octanol–water partition coefficient (Wildman–Crippen LogP) is 3.75. The maximum absolute atomic E-state index is 12.7. The predicted molar refractivity (Wildman–Crippen MR) is 117 cm³/mol. The van der Waals surface area contributed by atoms with E-state index in [1.807, 2.05) is 12.1 Å². The van der Waals surface area contributed by atoms with Crippen molar-refractivity contribution in [3.05, 3.63) is 53.1 Å². The van der Waals surface area contributed by atoms with Crippen LogP contribution in [0.15, 0.2) is 30.5 Å². The molecule has 1 aromatic heterocycles. The third-order valence-corrected chi connectivity index (χ3v) is 6.11. The van der Waals surface area contributed by atoms with Crippen LogP contribution in [0.25, 0.3) is 5.57 Å². The van der Waals surface area contributed by atoms with Crippen molar-refractivity contribution in [2.24, 2.45) is 5.73 Å². The molecule has 1 aromatic carbocycles. The van der Waals surface area contributed by atoms with Crippen LogP contribution in [0.4, 0.5) is 10.5 Å². The molecule has 0 atom stereocenters. The molecular formula is C23H26N6O2. The molecule has 0 bridgehead atoms. The molecule has 0 spiro atoms. The monoisotopic (exact) mass is 418 g/mol. The second-order valence-corrected chi connectivity index (χ2v) is 8.08. The second-order valence-electron chi connectivity index (χ2n) is 8.08. The van der Waals surface area contributed by atoms with E-state index in [2.05, 4.69) is 33.5 Å². The standard InChI is InChI=1S/C23H26N6O2/c24-13-18-14-26-21(27-18)22(30)28-20-7-6-17(12-19(20)16-4-2-1-3-5-16)15-8-10-29(11-9-15)23(25)31/h4,6-7,12,14-15H,1-3,5,8-11H2,(H2,25,31)(H,26,27)(H,28,30). The van der Waals surface area contributed by atoms with Crippen molar-refractivity contribution in [1.82, 2.24) is 14.9 Å². The van der Waals surface area contributed by atoms with E-state index in [-0.39, 0.29) is 23.5 Å². The number of nitrogens with two attached hydrogens (primary N) is 1. The summed E-state index contributed by atoms with van der Waals surface area (Å²) in [4.78, 5) is 32.5. The number of benzene rings is 1. The number of allylic oxidation sites excluding steroid dienone is 2. The maximum Gasteiger partial charge on any atom is 0.314 e. The normalized spacial score (nSPS) is 17.0. The van der Waals surface area contributed by atoms with Gasteiger partial charge in [-0.2, -0.15) is 5.26 Å². The molecule has 0 radical (unpaired) electrons. The molecule has 160 valence electrons. The fraction of sp³-hybridized carbons (Fsp3) is 0.391. The average Bonchev–Trinajstić information content (AvgIpc) is 3.29. The summed E-state index contributed by atoms with van der Waals surface area (Å²) in [6.45, 7) is 1.33. The van der Waals surface area contributed by atoms with Crippen LogP contribution in [-0.2, 0) is 0 Å². The Morgan fingerprint density at radius 2 is 2.06 bits per heavy atom. The zero-order chi connectivity index (χ0) is 21.8. The quantitative estimate of drug-likeness (QED) is 0.698. The van der Waals surface area contributed by atoms with E-state index < -0.39 is 0 Å². The fourth-order valence-electron chi connectivity index (χ4n) is 4.38. The van der Waals surface area contributed by atoms with Gasteiger partial charge < -0.3 is 20.9 Å². The molecule has 1 saturated heterocycles. The van der Waals surface area contributed by atoms with Crippen molar-refractivity contribution in [2.45, 2.75) is 44.4 Å². The summed E-state index contributed by atoms with van der Waals surface area (Å²) < 4.78 is 0. The summed E-state index contributed by atoms with van der Waals surface area (Å²) in [7, 11) is 0. The van der Waals surface area contributed by atoms with Crippen molar-refractivity contribution >= 4 is 23.2 Å². The number of imidazole rings is 1. The van der Waals surface area contributed by atoms with Gasteiger partial charge >= 0.3 is 6.03 Å². The summed E-state index contributed by atoms with van der Waals surface area (Å²) >= 11 is 0. The van der Waals surface area contributed by atoms with Crippen LogP contribution >= 0.6 is 0 Å². The van der Waals surface area contributed by atoms with Crippen molar-refractivity contribution in [1.29, 1.82) is 5.26 Å². The topological polar surface area (TPSA) is 128 Å². The minimum absolute atomic E-state index is 0.114. The van der Waals surface area contributed by atoms with Gasteiger partial charge in [0.1, 0.15) is 6.07 Å². The number of urea groups is 1. The molecule has 3 amide bonds. The average molecular weight is 419 g/mol. The van der Waals surface area contributed by atoms with Crippen molar-refractivity contribution < 1.29 is 9.59 Å². The molecule has 1 aliphatic heterocycles. The number of anilines is 1. The number of primary amides is 1. The van der Waals surface area contributed by atoms with Gasteiger partial charge in [-0.1, -0.05) is 12.1 Å². The lowest BCUT2D eigenvalue weighted by atomic mass is 9.85. The zero-order valence-electron chi connectivity index (χ0n) is 17.4. The molecule has 8 nitrogen and oxygen atoms in total. The summed E-state index contributed by atoms with van der Waals surface area (Å²) in [6, 6.07) is 7.74. The van der Waals surface area contributed by atoms with Crippen LogP contribution in [0.3, 0.4) is 0 Å². The first-order chi connectivity index (χ1) is 15.0. The zero-order valence-corrected chi connectivity index (χ0v) is 17.4. The Kier molecular flexibility index (Phi) is 6.03. The number of rotatable bonds is 4. The first-order valence-corrected chi connectivity index (χ1v) is 10.7. The second kappa shape index (κ2) is 9.04. The third kappa shape index (κ3) is 4.61. The van der Waals surface area contributed by atoms with Crippen LogP contribution in [0, 0.1) is 11.3 Å². The van der Waals surface area contributed by atoms with Gasteiger partial charge in [-0.3, -0.25) is 4.79 Å². The van der Waals surface area contributed by atoms with Crippen LogP contribution in [0.5, 0.6) is 0 Å². The number of H-pyrrole nitrogens is 1. The molecule has 31 heavy (non-hydrogen) atoms. The Labute approximate surface area is 181 Å². The molecular weight excluding hydrogens is 392 g/mol. The third-order valence-electron chi connectivity index (χ3n) is 6.11. The number of aromatic amines is 1. The largest absolute Gasteiger partial charge is 0.351 e. The highest BCUT2D eigenvalue weighted by Crippen LogP contribution is 2.36. The maximum atomic E-state index is 12.7. The lowest BCUT2D eigenvalue weighted by Gasteiger charge is -2.31. The minimum Gasteiger partial charge on any atom is -0.351 e. The summed E-state index contributed by atoms with van der Waals surface area (Å²) in [5, 5.41) is 11.9. The number of carbonyl (C=O) groups excluding carboxylic acids is 2. The van der Waals surface area contributed by atoms with Crippen molar-refractivity contribution in [3.8, 4) is 6.07 Å². The highest BCUT2D eigenvalue weighted by molar-refractivity contribution is 6.03. The molecule has 1 aliphatic carbocycles. The van der Waals surface area contributed by atoms with E-state index in [0.717, 1.165) is 43.4 Å². The van der Waals surface area contributed by atoms with Gasteiger partial charge in [0, 0.05) is 30.5 Å². The Balaban J connectivity index is 1.59. The highest BCUT2D eigenvalue weighted by Gasteiger charge is 2.24. The summed E-state index contributed by atoms with van der Waals surface area (Å²) in [5.74, 6) is 0.0938. The minimum atomic E-state index is -0.373. The number of piperidine rings is 1. The first-order valence-electron chi connectivity index (χ1n) is 10.7. The van der Waals surface area contributed by atoms with Gasteiger partial charge in [0.05, 0.1) is 0 Å². The van der Waals surface area contributed by atoms with Gasteiger partial charge in [-0.15, -0.1) is 0 Å². The summed E-state index contributed by atoms with van der Waals surface area (Å²) in [5.41, 5.74) is 9.83. The molecule has 2 heterocycles. The van der Waals surface area contributed by atoms with Gasteiger partial charge in [0.2, 0.25) is 0 Å². The summed E-state index contributed by atoms with van der Waals surface area (Å²) in [6.07, 6.45) is 9.74. The Morgan fingerprint density at radius 1 is 1.26 bits per heavy atom. The number of hydrogen-bond donors (Lipinski definition) is 3. The highest BCUT2D eigenvalue weighted by atomic mass is 16.2. The molecule has 4 rings (SSSR count). The van der Waals surface area contributed by atoms with E-state index in [4.69, 9.17) is 11.0 Å². The van der Waals surface area contributed by atoms with Gasteiger partial charge in [0.25, 0.3) is 5.91 Å². The van der Waals surface area contributed by atoms with Gasteiger partial charge in [-0.25, -0.2) is 9.78 Å².